The molecule has 1 N–H and O–H groups in total. The molecule has 38 heavy (non-hydrogen) atoms. The molecule has 220 valence electrons. The van der Waals surface area contributed by atoms with E-state index in [2.05, 4.69) is 55.1 Å². The Bertz CT molecular complexity index is 713. The van der Waals surface area contributed by atoms with E-state index in [-0.39, 0.29) is 5.91 Å². The van der Waals surface area contributed by atoms with Gasteiger partial charge >= 0.3 is 0 Å². The first kappa shape index (κ1) is 34.2. The van der Waals surface area contributed by atoms with Crippen molar-refractivity contribution >= 4 is 5.91 Å². The molecule has 0 aliphatic rings. The maximum absolute atomic E-state index is 12.2. The molecule has 7 nitrogen and oxygen atoms in total. The molecule has 1 aromatic rings. The molecule has 7 heteroatoms. The number of nitrogens with one attached hydrogen (secondary N) is 1. The van der Waals surface area contributed by atoms with Gasteiger partial charge in [-0.3, -0.25) is 4.79 Å². The van der Waals surface area contributed by atoms with E-state index in [9.17, 15) is 4.79 Å². The molecule has 0 aliphatic heterocycles. The van der Waals surface area contributed by atoms with Gasteiger partial charge in [-0.05, 0) is 111 Å². The molecule has 0 aromatic heterocycles. The summed E-state index contributed by atoms with van der Waals surface area (Å²) in [7, 11) is 10.2. The number of ether oxygens (including phenoxy) is 2. The van der Waals surface area contributed by atoms with E-state index >= 15 is 0 Å². The van der Waals surface area contributed by atoms with Gasteiger partial charge in [-0.1, -0.05) is 45.1 Å². The van der Waals surface area contributed by atoms with Crippen LogP contribution >= 0.6 is 0 Å². The predicted molar refractivity (Wildman–Crippen MR) is 160 cm³/mol. The number of hydrogen-bond acceptors (Lipinski definition) is 6. The highest BCUT2D eigenvalue weighted by Gasteiger charge is 2.09. The molecular formula is C31H58N4O3. The number of methoxy groups -OCH3 is 1. The summed E-state index contributed by atoms with van der Waals surface area (Å²) in [6.07, 6.45) is 12.3. The van der Waals surface area contributed by atoms with Crippen molar-refractivity contribution in [2.75, 3.05) is 74.6 Å². The first-order chi connectivity index (χ1) is 18.3. The van der Waals surface area contributed by atoms with E-state index in [1.54, 1.807) is 7.11 Å². The lowest BCUT2D eigenvalue weighted by Crippen LogP contribution is -2.31. The maximum atomic E-state index is 12.2. The summed E-state index contributed by atoms with van der Waals surface area (Å²) in [5, 5.41) is 3.04. The third-order valence-electron chi connectivity index (χ3n) is 6.76. The molecule has 0 aliphatic carbocycles. The van der Waals surface area contributed by atoms with Crippen LogP contribution in [0.15, 0.2) is 18.2 Å². The highest BCUT2D eigenvalue weighted by Crippen LogP contribution is 2.28. The number of unbranched alkanes of at least 4 members (excludes halogenated alkanes) is 6. The number of rotatable bonds is 24. The first-order valence-corrected chi connectivity index (χ1v) is 14.9. The van der Waals surface area contributed by atoms with Gasteiger partial charge in [0.05, 0.1) is 13.7 Å². The molecule has 0 fully saturated rings. The summed E-state index contributed by atoms with van der Waals surface area (Å²) in [5.41, 5.74) is 1.02. The van der Waals surface area contributed by atoms with E-state index in [4.69, 9.17) is 9.47 Å². The van der Waals surface area contributed by atoms with Crippen molar-refractivity contribution in [1.82, 2.24) is 20.0 Å². The second kappa shape index (κ2) is 22.0. The number of nitrogens with zero attached hydrogens (tertiary/aromatic N) is 3. The van der Waals surface area contributed by atoms with E-state index in [0.717, 1.165) is 75.5 Å². The number of hydrogen-bond donors (Lipinski definition) is 1. The number of benzene rings is 1. The zero-order valence-corrected chi connectivity index (χ0v) is 25.5. The Morgan fingerprint density at radius 2 is 1.39 bits per heavy atom. The Kier molecular flexibility index (Phi) is 19.8. The van der Waals surface area contributed by atoms with Crippen LogP contribution in [0.25, 0.3) is 0 Å². The molecule has 0 spiro atoms. The monoisotopic (exact) mass is 534 g/mol. The van der Waals surface area contributed by atoms with Gasteiger partial charge in [0.1, 0.15) is 0 Å². The Morgan fingerprint density at radius 3 is 2.03 bits per heavy atom. The maximum Gasteiger partial charge on any atom is 0.220 e. The molecular weight excluding hydrogens is 476 g/mol. The summed E-state index contributed by atoms with van der Waals surface area (Å²) in [5.74, 6) is 1.61. The standard InChI is InChI=1S/C31H58N4O3/c1-7-8-9-10-11-12-17-31(36)32-27-28-18-19-29(30(26-28)37-6)38-25-14-13-22-35(23-15-20-33(2)3)24-16-21-34(4)5/h18-19,26H,7-17,20-25,27H2,1-6H3,(H,32,36). The minimum absolute atomic E-state index is 0.122. The van der Waals surface area contributed by atoms with Gasteiger partial charge in [-0.15, -0.1) is 0 Å². The van der Waals surface area contributed by atoms with Gasteiger partial charge in [0.15, 0.2) is 11.5 Å². The molecule has 1 rings (SSSR count). The first-order valence-electron chi connectivity index (χ1n) is 14.9. The van der Waals surface area contributed by atoms with Gasteiger partial charge in [-0.25, -0.2) is 0 Å². The predicted octanol–water partition coefficient (Wildman–Crippen LogP) is 5.43. The SMILES string of the molecule is CCCCCCCCC(=O)NCc1ccc(OCCCCN(CCCN(C)C)CCCN(C)C)c(OC)c1. The van der Waals surface area contributed by atoms with Crippen LogP contribution in [0.5, 0.6) is 11.5 Å². The summed E-state index contributed by atoms with van der Waals surface area (Å²) >= 11 is 0. The fourth-order valence-corrected chi connectivity index (χ4v) is 4.47. The van der Waals surface area contributed by atoms with Gasteiger partial charge in [-0.2, -0.15) is 0 Å². The Labute approximate surface area is 234 Å². The van der Waals surface area contributed by atoms with Crippen molar-refractivity contribution in [2.24, 2.45) is 0 Å². The second-order valence-corrected chi connectivity index (χ2v) is 11.0. The van der Waals surface area contributed by atoms with Crippen LogP contribution in [0.4, 0.5) is 0 Å². The number of amides is 1. The molecule has 1 amide bonds. The largest absolute Gasteiger partial charge is 0.493 e. The molecule has 0 heterocycles. The molecule has 0 bridgehead atoms. The van der Waals surface area contributed by atoms with E-state index in [0.29, 0.717) is 19.6 Å². The topological polar surface area (TPSA) is 57.3 Å². The average molecular weight is 535 g/mol. The molecule has 1 aromatic carbocycles. The van der Waals surface area contributed by atoms with Gasteiger partial charge < -0.3 is 29.5 Å². The normalized spacial score (nSPS) is 11.5. The Balaban J connectivity index is 2.36. The highest BCUT2D eigenvalue weighted by atomic mass is 16.5. The summed E-state index contributed by atoms with van der Waals surface area (Å²) in [6, 6.07) is 5.94. The van der Waals surface area contributed by atoms with Crippen LogP contribution in [0.2, 0.25) is 0 Å². The Hall–Kier alpha value is -1.83. The van der Waals surface area contributed by atoms with Crippen molar-refractivity contribution in [3.63, 3.8) is 0 Å². The van der Waals surface area contributed by atoms with Crippen molar-refractivity contribution in [1.29, 1.82) is 0 Å². The second-order valence-electron chi connectivity index (χ2n) is 11.0. The zero-order valence-electron chi connectivity index (χ0n) is 25.5. The lowest BCUT2D eigenvalue weighted by atomic mass is 10.1. The van der Waals surface area contributed by atoms with E-state index in [1.807, 2.05) is 18.2 Å². The lowest BCUT2D eigenvalue weighted by Gasteiger charge is -2.24. The van der Waals surface area contributed by atoms with Crippen molar-refractivity contribution in [3.05, 3.63) is 23.8 Å². The lowest BCUT2D eigenvalue weighted by molar-refractivity contribution is -0.121. The molecule has 0 unspecified atom stereocenters. The van der Waals surface area contributed by atoms with Crippen molar-refractivity contribution < 1.29 is 14.3 Å². The molecule has 0 radical (unpaired) electrons. The van der Waals surface area contributed by atoms with Crippen LogP contribution < -0.4 is 14.8 Å². The van der Waals surface area contributed by atoms with Crippen LogP contribution in [0.3, 0.4) is 0 Å². The molecule has 0 saturated carbocycles. The van der Waals surface area contributed by atoms with Crippen LogP contribution in [0.1, 0.15) is 83.1 Å². The smallest absolute Gasteiger partial charge is 0.220 e. The fourth-order valence-electron chi connectivity index (χ4n) is 4.47. The van der Waals surface area contributed by atoms with Crippen LogP contribution in [0, 0.1) is 0 Å². The Morgan fingerprint density at radius 1 is 0.763 bits per heavy atom. The average Bonchev–Trinajstić information content (AvgIpc) is 2.88. The van der Waals surface area contributed by atoms with Crippen LogP contribution in [-0.4, -0.2) is 95.2 Å². The van der Waals surface area contributed by atoms with Gasteiger partial charge in [0.2, 0.25) is 5.91 Å². The minimum Gasteiger partial charge on any atom is -0.493 e. The van der Waals surface area contributed by atoms with E-state index in [1.165, 1.54) is 38.5 Å². The van der Waals surface area contributed by atoms with Crippen molar-refractivity contribution in [3.8, 4) is 11.5 Å². The van der Waals surface area contributed by atoms with Gasteiger partial charge in [0, 0.05) is 13.0 Å². The summed E-state index contributed by atoms with van der Waals surface area (Å²) < 4.78 is 11.6. The fraction of sp³-hybridized carbons (Fsp3) is 0.774. The van der Waals surface area contributed by atoms with E-state index < -0.39 is 0 Å². The molecule has 0 atom stereocenters. The molecule has 0 saturated heterocycles. The van der Waals surface area contributed by atoms with Crippen LogP contribution in [-0.2, 0) is 11.3 Å². The van der Waals surface area contributed by atoms with Gasteiger partial charge in [0.25, 0.3) is 0 Å². The highest BCUT2D eigenvalue weighted by molar-refractivity contribution is 5.75. The third kappa shape index (κ3) is 17.6. The quantitative estimate of drug-likeness (QED) is 0.179. The minimum atomic E-state index is 0.122. The number of carbonyl (C=O) groups is 1. The zero-order chi connectivity index (χ0) is 28.0. The number of carbonyl (C=O) groups excluding carboxylic acids is 1. The third-order valence-corrected chi connectivity index (χ3v) is 6.76. The van der Waals surface area contributed by atoms with Crippen molar-refractivity contribution in [2.45, 2.75) is 84.1 Å². The summed E-state index contributed by atoms with van der Waals surface area (Å²) in [4.78, 5) is 19.3. The summed E-state index contributed by atoms with van der Waals surface area (Å²) in [6.45, 7) is 9.08.